The zero-order valence-corrected chi connectivity index (χ0v) is 20.1. The van der Waals surface area contributed by atoms with Gasteiger partial charge in [0.15, 0.2) is 5.96 Å². The summed E-state index contributed by atoms with van der Waals surface area (Å²) in [5.74, 6) is 1.61. The standard InChI is InChI=1S/C21H32N6O.HI/c1-6-12-28-20-11-9-8-10-17(20)13-23-21(22-7-2)24-15-19(26(3)4)18-14-25-27(5)16-18;/h6,8-11,14,16,19H,1,7,12-13,15H2,2-5H3,(H2,22,23,24);1H. The molecule has 1 aromatic heterocycles. The van der Waals surface area contributed by atoms with E-state index in [-0.39, 0.29) is 30.0 Å². The van der Waals surface area contributed by atoms with E-state index in [0.717, 1.165) is 30.4 Å². The van der Waals surface area contributed by atoms with Crippen molar-refractivity contribution in [2.75, 3.05) is 33.8 Å². The van der Waals surface area contributed by atoms with E-state index in [1.807, 2.05) is 48.4 Å². The normalized spacial score (nSPS) is 12.2. The van der Waals surface area contributed by atoms with Gasteiger partial charge in [-0.15, -0.1) is 24.0 Å². The van der Waals surface area contributed by atoms with Crippen molar-refractivity contribution in [3.05, 3.63) is 60.4 Å². The third kappa shape index (κ3) is 8.06. The van der Waals surface area contributed by atoms with Crippen LogP contribution in [0.4, 0.5) is 0 Å². The van der Waals surface area contributed by atoms with Gasteiger partial charge in [0.1, 0.15) is 12.4 Å². The predicted octanol–water partition coefficient (Wildman–Crippen LogP) is 2.96. The number of guanidine groups is 1. The Hall–Kier alpha value is -2.07. The van der Waals surface area contributed by atoms with E-state index < -0.39 is 0 Å². The maximum Gasteiger partial charge on any atom is 0.191 e. The SMILES string of the molecule is C=CCOc1ccccc1CN=C(NCC)NCC(c1cnn(C)c1)N(C)C.I. The summed E-state index contributed by atoms with van der Waals surface area (Å²) in [4.78, 5) is 6.90. The summed E-state index contributed by atoms with van der Waals surface area (Å²) in [6, 6.07) is 8.14. The topological polar surface area (TPSA) is 66.7 Å². The van der Waals surface area contributed by atoms with Crippen molar-refractivity contribution in [1.82, 2.24) is 25.3 Å². The molecule has 0 saturated heterocycles. The minimum Gasteiger partial charge on any atom is -0.489 e. The number of rotatable bonds is 10. The number of ether oxygens (including phenoxy) is 1. The van der Waals surface area contributed by atoms with Crippen LogP contribution in [0, 0.1) is 0 Å². The molecule has 0 radical (unpaired) electrons. The van der Waals surface area contributed by atoms with E-state index in [4.69, 9.17) is 9.73 Å². The molecule has 7 nitrogen and oxygen atoms in total. The molecule has 0 aliphatic rings. The minimum absolute atomic E-state index is 0. The Balaban J connectivity index is 0.00000420. The molecule has 0 aliphatic heterocycles. The summed E-state index contributed by atoms with van der Waals surface area (Å²) in [5.41, 5.74) is 2.21. The van der Waals surface area contributed by atoms with Gasteiger partial charge >= 0.3 is 0 Å². The first kappa shape index (κ1) is 25.0. The quantitative estimate of drug-likeness (QED) is 0.222. The molecule has 0 spiro atoms. The van der Waals surface area contributed by atoms with Crippen LogP contribution in [0.25, 0.3) is 0 Å². The van der Waals surface area contributed by atoms with E-state index in [1.54, 1.807) is 6.08 Å². The number of halogens is 1. The molecule has 1 atom stereocenters. The van der Waals surface area contributed by atoms with E-state index in [0.29, 0.717) is 13.2 Å². The molecule has 2 rings (SSSR count). The number of likely N-dealkylation sites (N-methyl/N-ethyl adjacent to an activating group) is 1. The van der Waals surface area contributed by atoms with Crippen molar-refractivity contribution in [3.63, 3.8) is 0 Å². The van der Waals surface area contributed by atoms with Crippen molar-refractivity contribution in [2.24, 2.45) is 12.0 Å². The lowest BCUT2D eigenvalue weighted by Crippen LogP contribution is -2.41. The molecule has 0 bridgehead atoms. The summed E-state index contributed by atoms with van der Waals surface area (Å²) in [7, 11) is 6.06. The van der Waals surface area contributed by atoms with Gasteiger partial charge in [0, 0.05) is 37.5 Å². The molecule has 1 unspecified atom stereocenters. The van der Waals surface area contributed by atoms with Crippen molar-refractivity contribution in [2.45, 2.75) is 19.5 Å². The molecule has 0 saturated carbocycles. The third-order valence-corrected chi connectivity index (χ3v) is 4.28. The Bertz CT molecular complexity index is 774. The van der Waals surface area contributed by atoms with Crippen molar-refractivity contribution in [3.8, 4) is 5.75 Å². The van der Waals surface area contributed by atoms with Crippen LogP contribution in [-0.4, -0.2) is 54.4 Å². The van der Waals surface area contributed by atoms with Crippen LogP contribution in [-0.2, 0) is 13.6 Å². The molecule has 0 fully saturated rings. The van der Waals surface area contributed by atoms with Crippen LogP contribution < -0.4 is 15.4 Å². The van der Waals surface area contributed by atoms with Gasteiger partial charge in [-0.1, -0.05) is 30.9 Å². The van der Waals surface area contributed by atoms with Crippen molar-refractivity contribution < 1.29 is 4.74 Å². The number of nitrogens with zero attached hydrogens (tertiary/aromatic N) is 4. The summed E-state index contributed by atoms with van der Waals surface area (Å²) >= 11 is 0. The summed E-state index contributed by atoms with van der Waals surface area (Å²) < 4.78 is 7.55. The highest BCUT2D eigenvalue weighted by Crippen LogP contribution is 2.19. The molecule has 29 heavy (non-hydrogen) atoms. The zero-order chi connectivity index (χ0) is 20.4. The van der Waals surface area contributed by atoms with Gasteiger partial charge < -0.3 is 20.3 Å². The van der Waals surface area contributed by atoms with E-state index in [1.165, 1.54) is 5.56 Å². The summed E-state index contributed by atoms with van der Waals surface area (Å²) in [6.07, 6.45) is 5.69. The largest absolute Gasteiger partial charge is 0.489 e. The second kappa shape index (κ2) is 13.2. The van der Waals surface area contributed by atoms with E-state index >= 15 is 0 Å². The molecule has 2 N–H and O–H groups in total. The maximum absolute atomic E-state index is 5.72. The lowest BCUT2D eigenvalue weighted by atomic mass is 10.1. The van der Waals surface area contributed by atoms with Gasteiger partial charge in [0.05, 0.1) is 18.8 Å². The number of nitrogens with one attached hydrogen (secondary N) is 2. The Morgan fingerprint density at radius 2 is 2.10 bits per heavy atom. The monoisotopic (exact) mass is 512 g/mol. The highest BCUT2D eigenvalue weighted by atomic mass is 127. The van der Waals surface area contributed by atoms with Crippen LogP contribution in [0.5, 0.6) is 5.75 Å². The van der Waals surface area contributed by atoms with Gasteiger partial charge in [-0.2, -0.15) is 5.10 Å². The fraction of sp³-hybridized carbons (Fsp3) is 0.429. The van der Waals surface area contributed by atoms with Gasteiger partial charge in [-0.25, -0.2) is 4.99 Å². The number of benzene rings is 1. The first-order valence-corrected chi connectivity index (χ1v) is 9.53. The van der Waals surface area contributed by atoms with Crippen LogP contribution in [0.1, 0.15) is 24.1 Å². The van der Waals surface area contributed by atoms with Gasteiger partial charge in [0.25, 0.3) is 0 Å². The Morgan fingerprint density at radius 1 is 1.34 bits per heavy atom. The molecule has 0 aliphatic carbocycles. The average molecular weight is 512 g/mol. The molecular formula is C21H33IN6O. The number of aromatic nitrogens is 2. The van der Waals surface area contributed by atoms with Gasteiger partial charge in [0.2, 0.25) is 0 Å². The second-order valence-electron chi connectivity index (χ2n) is 6.71. The molecule has 1 aromatic carbocycles. The first-order valence-electron chi connectivity index (χ1n) is 9.53. The van der Waals surface area contributed by atoms with E-state index in [9.17, 15) is 0 Å². The highest BCUT2D eigenvalue weighted by molar-refractivity contribution is 14.0. The number of aryl methyl sites for hydroxylation is 1. The third-order valence-electron chi connectivity index (χ3n) is 4.28. The average Bonchev–Trinajstić information content (AvgIpc) is 3.10. The second-order valence-corrected chi connectivity index (χ2v) is 6.71. The lowest BCUT2D eigenvalue weighted by Gasteiger charge is -2.24. The Morgan fingerprint density at radius 3 is 2.72 bits per heavy atom. The van der Waals surface area contributed by atoms with Crippen LogP contribution in [0.15, 0.2) is 54.3 Å². The Kier molecular flexibility index (Phi) is 11.4. The molecule has 2 aromatic rings. The summed E-state index contributed by atoms with van der Waals surface area (Å²) in [5, 5.41) is 11.0. The highest BCUT2D eigenvalue weighted by Gasteiger charge is 2.16. The predicted molar refractivity (Wildman–Crippen MR) is 130 cm³/mol. The minimum atomic E-state index is 0. The van der Waals surface area contributed by atoms with Crippen molar-refractivity contribution in [1.29, 1.82) is 0 Å². The fourth-order valence-corrected chi connectivity index (χ4v) is 2.83. The lowest BCUT2D eigenvalue weighted by molar-refractivity contribution is 0.298. The van der Waals surface area contributed by atoms with Crippen molar-refractivity contribution >= 4 is 29.9 Å². The fourth-order valence-electron chi connectivity index (χ4n) is 2.83. The zero-order valence-electron chi connectivity index (χ0n) is 17.8. The Labute approximate surface area is 191 Å². The molecule has 0 amide bonds. The first-order chi connectivity index (χ1) is 13.5. The van der Waals surface area contributed by atoms with Crippen LogP contribution in [0.3, 0.4) is 0 Å². The van der Waals surface area contributed by atoms with Crippen LogP contribution in [0.2, 0.25) is 0 Å². The number of hydrogen-bond donors (Lipinski definition) is 2. The molecule has 1 heterocycles. The van der Waals surface area contributed by atoms with Crippen LogP contribution >= 0.6 is 24.0 Å². The number of aliphatic imine (C=N–C) groups is 1. The smallest absolute Gasteiger partial charge is 0.191 e. The molecule has 8 heteroatoms. The van der Waals surface area contributed by atoms with Gasteiger partial charge in [-0.3, -0.25) is 4.68 Å². The molecule has 160 valence electrons. The number of para-hydroxylation sites is 1. The summed E-state index contributed by atoms with van der Waals surface area (Å²) in [6.45, 7) is 8.29. The van der Waals surface area contributed by atoms with E-state index in [2.05, 4.69) is 48.2 Å². The molecular weight excluding hydrogens is 479 g/mol. The number of hydrogen-bond acceptors (Lipinski definition) is 4. The van der Waals surface area contributed by atoms with Gasteiger partial charge in [-0.05, 0) is 27.1 Å². The maximum atomic E-state index is 5.72.